The number of nitrogens with zero attached hydrogens (tertiary/aromatic N) is 2. The Labute approximate surface area is 201 Å². The lowest BCUT2D eigenvalue weighted by molar-refractivity contribution is -0.156. The van der Waals surface area contributed by atoms with Gasteiger partial charge in [-0.1, -0.05) is 37.3 Å². The number of hydrogen-bond donors (Lipinski definition) is 2. The number of rotatable bonds is 7. The Morgan fingerprint density at radius 1 is 1.29 bits per heavy atom. The van der Waals surface area contributed by atoms with Crippen LogP contribution in [0, 0.1) is 11.7 Å². The summed E-state index contributed by atoms with van der Waals surface area (Å²) in [5, 5.41) is 2.37. The molecule has 3 N–H and O–H groups in total. The van der Waals surface area contributed by atoms with Crippen molar-refractivity contribution in [1.29, 1.82) is 0 Å². The van der Waals surface area contributed by atoms with E-state index >= 15 is 0 Å². The third-order valence-corrected chi connectivity index (χ3v) is 5.42. The summed E-state index contributed by atoms with van der Waals surface area (Å²) in [5.74, 6) is -2.94. The van der Waals surface area contributed by atoms with Crippen molar-refractivity contribution in [2.24, 2.45) is 11.7 Å². The maximum atomic E-state index is 14.8. The van der Waals surface area contributed by atoms with Crippen LogP contribution >= 0.6 is 0 Å². The predicted octanol–water partition coefficient (Wildman–Crippen LogP) is 5.15. The van der Waals surface area contributed by atoms with Gasteiger partial charge in [-0.15, -0.1) is 0 Å². The van der Waals surface area contributed by atoms with Gasteiger partial charge in [-0.3, -0.25) is 9.78 Å². The number of benzene rings is 1. The summed E-state index contributed by atoms with van der Waals surface area (Å²) in [5.41, 5.74) is 8.90. The molecule has 184 valence electrons. The van der Waals surface area contributed by atoms with Gasteiger partial charge in [-0.05, 0) is 42.3 Å². The van der Waals surface area contributed by atoms with Crippen LogP contribution in [0.4, 0.5) is 17.6 Å². The molecule has 0 saturated heterocycles. The lowest BCUT2D eigenvalue weighted by Gasteiger charge is -2.25. The normalized spacial score (nSPS) is 15.6. The molecule has 35 heavy (non-hydrogen) atoms. The minimum Gasteiger partial charge on any atom is -0.403 e. The van der Waals surface area contributed by atoms with Crippen molar-refractivity contribution in [1.82, 2.24) is 15.2 Å². The van der Waals surface area contributed by atoms with Crippen LogP contribution in [-0.2, 0) is 11.2 Å². The quantitative estimate of drug-likeness (QED) is 0.531. The Bertz CT molecular complexity index is 1180. The fourth-order valence-corrected chi connectivity index (χ4v) is 3.55. The lowest BCUT2D eigenvalue weighted by atomic mass is 10.0. The van der Waals surface area contributed by atoms with Crippen LogP contribution in [0.1, 0.15) is 30.7 Å². The van der Waals surface area contributed by atoms with Gasteiger partial charge in [0.2, 0.25) is 5.91 Å². The van der Waals surface area contributed by atoms with Crippen molar-refractivity contribution in [3.8, 4) is 0 Å². The highest BCUT2D eigenvalue weighted by Crippen LogP contribution is 2.28. The van der Waals surface area contributed by atoms with Gasteiger partial charge in [0.25, 0.3) is 0 Å². The first-order valence-corrected chi connectivity index (χ1v) is 10.9. The maximum absolute atomic E-state index is 14.8. The number of pyridine rings is 1. The molecule has 0 bridgehead atoms. The van der Waals surface area contributed by atoms with Crippen LogP contribution in [0.5, 0.6) is 0 Å². The van der Waals surface area contributed by atoms with Gasteiger partial charge in [-0.2, -0.15) is 13.2 Å². The molecule has 0 saturated carbocycles. The van der Waals surface area contributed by atoms with Crippen molar-refractivity contribution >= 4 is 17.2 Å². The van der Waals surface area contributed by atoms with Crippen molar-refractivity contribution in [2.45, 2.75) is 26.4 Å². The predicted molar refractivity (Wildman–Crippen MR) is 127 cm³/mol. The van der Waals surface area contributed by atoms with E-state index in [1.54, 1.807) is 12.3 Å². The molecular formula is C26H26F4N4O. The number of amides is 1. The summed E-state index contributed by atoms with van der Waals surface area (Å²) in [6, 6.07) is 10.0. The molecule has 2 heterocycles. The van der Waals surface area contributed by atoms with E-state index < -0.39 is 23.8 Å². The zero-order chi connectivity index (χ0) is 25.6. The number of alkyl halides is 3. The summed E-state index contributed by atoms with van der Waals surface area (Å²) in [7, 11) is 0. The molecular weight excluding hydrogens is 460 g/mol. The highest BCUT2D eigenvalue weighted by molar-refractivity contribution is 5.80. The number of allylic oxidation sites excluding steroid dienone is 4. The van der Waals surface area contributed by atoms with Gasteiger partial charge >= 0.3 is 6.18 Å². The summed E-state index contributed by atoms with van der Waals surface area (Å²) in [6.07, 6.45) is 4.99. The Hall–Kier alpha value is -3.88. The molecule has 2 aromatic rings. The van der Waals surface area contributed by atoms with E-state index in [1.807, 2.05) is 41.5 Å². The maximum Gasteiger partial charge on any atom is 0.394 e. The molecule has 0 spiro atoms. The second-order valence-electron chi connectivity index (χ2n) is 8.11. The van der Waals surface area contributed by atoms with Crippen LogP contribution in [0.2, 0.25) is 0 Å². The van der Waals surface area contributed by atoms with Crippen LogP contribution in [0.3, 0.4) is 0 Å². The van der Waals surface area contributed by atoms with E-state index in [0.717, 1.165) is 24.3 Å². The van der Waals surface area contributed by atoms with E-state index in [-0.39, 0.29) is 17.7 Å². The minimum absolute atomic E-state index is 0.0558. The van der Waals surface area contributed by atoms with Gasteiger partial charge in [0.15, 0.2) is 0 Å². The number of aromatic nitrogens is 1. The molecule has 1 aromatic heterocycles. The average Bonchev–Trinajstić information content (AvgIpc) is 2.81. The largest absolute Gasteiger partial charge is 0.403 e. The zero-order valence-electron chi connectivity index (χ0n) is 19.3. The third kappa shape index (κ3) is 6.81. The zero-order valence-corrected chi connectivity index (χ0v) is 19.3. The van der Waals surface area contributed by atoms with E-state index in [4.69, 9.17) is 5.73 Å². The number of halogens is 4. The molecule has 0 radical (unpaired) electrons. The first-order chi connectivity index (χ1) is 16.6. The third-order valence-electron chi connectivity index (χ3n) is 5.42. The smallest absolute Gasteiger partial charge is 0.394 e. The van der Waals surface area contributed by atoms with Crippen molar-refractivity contribution in [2.75, 3.05) is 6.54 Å². The van der Waals surface area contributed by atoms with Crippen LogP contribution < -0.4 is 11.1 Å². The first kappa shape index (κ1) is 25.7. The van der Waals surface area contributed by atoms with E-state index in [9.17, 15) is 22.4 Å². The van der Waals surface area contributed by atoms with Gasteiger partial charge in [-0.25, -0.2) is 4.39 Å². The Kier molecular flexibility index (Phi) is 8.11. The Balaban J connectivity index is 1.66. The molecule has 1 aromatic carbocycles. The topological polar surface area (TPSA) is 71.2 Å². The molecule has 1 unspecified atom stereocenters. The standard InChI is InChI=1S/C26H26F4N4O/c1-17(26(28,29)30)13-18(2)33-25(35)15-20-6-7-21(14-22(20)27)24(16-31)34-11-8-19(9-12-34)23-5-3-4-10-32-23/h3-11,13-14,16-17H,12,15,31H2,1-2H3,(H,33,35)/b18-13+,24-16-. The summed E-state index contributed by atoms with van der Waals surface area (Å²) < 4.78 is 52.8. The average molecular weight is 487 g/mol. The minimum atomic E-state index is -4.40. The number of carbonyl (C=O) groups excluding carboxylic acids is 1. The first-order valence-electron chi connectivity index (χ1n) is 10.9. The molecule has 1 aliphatic heterocycles. The monoisotopic (exact) mass is 486 g/mol. The van der Waals surface area contributed by atoms with Gasteiger partial charge in [0.1, 0.15) is 5.82 Å². The van der Waals surface area contributed by atoms with E-state index in [2.05, 4.69) is 10.3 Å². The fraction of sp³-hybridized carbons (Fsp3) is 0.231. The summed E-state index contributed by atoms with van der Waals surface area (Å²) in [4.78, 5) is 18.4. The van der Waals surface area contributed by atoms with Crippen molar-refractivity contribution < 1.29 is 22.4 Å². The highest BCUT2D eigenvalue weighted by Gasteiger charge is 2.34. The molecule has 1 aliphatic rings. The molecule has 3 rings (SSSR count). The molecule has 0 fully saturated rings. The van der Waals surface area contributed by atoms with Crippen LogP contribution in [0.15, 0.2) is 78.9 Å². The van der Waals surface area contributed by atoms with Crippen LogP contribution in [-0.4, -0.2) is 28.5 Å². The van der Waals surface area contributed by atoms with Gasteiger partial charge in [0.05, 0.1) is 23.7 Å². The second kappa shape index (κ2) is 11.0. The highest BCUT2D eigenvalue weighted by atomic mass is 19.4. The molecule has 9 heteroatoms. The SMILES string of the molecule is C/C(=C\C(C)C(F)(F)F)NC(=O)Cc1ccc(/C(=C/N)N2C=CC(c3ccccn3)=CC2)cc1F. The molecule has 0 aliphatic carbocycles. The van der Waals surface area contributed by atoms with Gasteiger partial charge < -0.3 is 16.0 Å². The Morgan fingerprint density at radius 2 is 2.06 bits per heavy atom. The Morgan fingerprint density at radius 3 is 2.63 bits per heavy atom. The fourth-order valence-electron chi connectivity index (χ4n) is 3.55. The molecule has 1 amide bonds. The van der Waals surface area contributed by atoms with Crippen LogP contribution in [0.25, 0.3) is 11.3 Å². The number of carbonyl (C=O) groups is 1. The van der Waals surface area contributed by atoms with Crippen molar-refractivity contribution in [3.63, 3.8) is 0 Å². The molecule has 1 atom stereocenters. The summed E-state index contributed by atoms with van der Waals surface area (Å²) >= 11 is 0. The van der Waals surface area contributed by atoms with Crippen molar-refractivity contribution in [3.05, 3.63) is 102 Å². The number of nitrogens with two attached hydrogens (primary N) is 1. The van der Waals surface area contributed by atoms with E-state index in [1.165, 1.54) is 25.3 Å². The van der Waals surface area contributed by atoms with Gasteiger partial charge in [0, 0.05) is 36.4 Å². The van der Waals surface area contributed by atoms with E-state index in [0.29, 0.717) is 17.8 Å². The summed E-state index contributed by atoms with van der Waals surface area (Å²) in [6.45, 7) is 2.85. The second-order valence-corrected chi connectivity index (χ2v) is 8.11. The number of hydrogen-bond acceptors (Lipinski definition) is 4. The molecule has 5 nitrogen and oxygen atoms in total. The lowest BCUT2D eigenvalue weighted by Crippen LogP contribution is -2.26. The number of nitrogens with one attached hydrogen (secondary N) is 1.